The maximum absolute atomic E-state index is 6.29. The fourth-order valence-corrected chi connectivity index (χ4v) is 3.18. The molecule has 0 N–H and O–H groups in total. The standard InChI is InChI=1S/C17H25ClO2/c1-4-9-17(11-10-16(2,3)20-17)13-19-12-14-7-5-6-8-15(14)18/h5-8H,4,9-13H2,1-3H3. The summed E-state index contributed by atoms with van der Waals surface area (Å²) in [5, 5.41) is 0.768. The van der Waals surface area contributed by atoms with Crippen LogP contribution in [0.4, 0.5) is 0 Å². The highest BCUT2D eigenvalue weighted by Gasteiger charge is 2.43. The van der Waals surface area contributed by atoms with Crippen LogP contribution >= 0.6 is 11.6 Å². The molecule has 1 aliphatic heterocycles. The molecule has 0 aromatic heterocycles. The minimum atomic E-state index is -0.112. The Morgan fingerprint density at radius 2 is 2.00 bits per heavy atom. The second-order valence-electron chi connectivity index (χ2n) is 6.38. The SMILES string of the molecule is CCCC1(COCc2ccccc2Cl)CCC(C)(C)O1. The summed E-state index contributed by atoms with van der Waals surface area (Å²) in [6, 6.07) is 7.83. The number of benzene rings is 1. The Hall–Kier alpha value is -0.570. The summed E-state index contributed by atoms with van der Waals surface area (Å²) in [5.41, 5.74) is 0.903. The number of rotatable bonds is 6. The second kappa shape index (κ2) is 6.46. The summed E-state index contributed by atoms with van der Waals surface area (Å²) in [7, 11) is 0. The summed E-state index contributed by atoms with van der Waals surface area (Å²) in [4.78, 5) is 0. The van der Waals surface area contributed by atoms with Crippen molar-refractivity contribution in [2.75, 3.05) is 6.61 Å². The van der Waals surface area contributed by atoms with E-state index in [9.17, 15) is 0 Å². The quantitative estimate of drug-likeness (QED) is 0.736. The third-order valence-corrected chi connectivity index (χ3v) is 4.33. The molecule has 0 radical (unpaired) electrons. The molecule has 112 valence electrons. The maximum Gasteiger partial charge on any atom is 0.0923 e. The molecule has 1 aromatic rings. The lowest BCUT2D eigenvalue weighted by Gasteiger charge is -2.31. The summed E-state index contributed by atoms with van der Waals surface area (Å²) < 4.78 is 12.2. The van der Waals surface area contributed by atoms with Crippen LogP contribution in [-0.4, -0.2) is 17.8 Å². The molecule has 1 heterocycles. The van der Waals surface area contributed by atoms with E-state index in [1.807, 2.05) is 24.3 Å². The molecule has 1 atom stereocenters. The van der Waals surface area contributed by atoms with Gasteiger partial charge in [-0.3, -0.25) is 0 Å². The van der Waals surface area contributed by atoms with Gasteiger partial charge in [0.15, 0.2) is 0 Å². The lowest BCUT2D eigenvalue weighted by Crippen LogP contribution is -2.37. The fraction of sp³-hybridized carbons (Fsp3) is 0.647. The number of hydrogen-bond acceptors (Lipinski definition) is 2. The average molecular weight is 297 g/mol. The Kier molecular flexibility index (Phi) is 5.11. The smallest absolute Gasteiger partial charge is 0.0923 e. The second-order valence-corrected chi connectivity index (χ2v) is 6.79. The van der Waals surface area contributed by atoms with Gasteiger partial charge in [0.2, 0.25) is 0 Å². The van der Waals surface area contributed by atoms with Crippen molar-refractivity contribution >= 4 is 11.6 Å². The molecule has 2 rings (SSSR count). The van der Waals surface area contributed by atoms with Crippen LogP contribution in [0.15, 0.2) is 24.3 Å². The third kappa shape index (κ3) is 3.97. The molecule has 1 aromatic carbocycles. The van der Waals surface area contributed by atoms with E-state index in [2.05, 4.69) is 20.8 Å². The molecule has 0 amide bonds. The van der Waals surface area contributed by atoms with Crippen molar-refractivity contribution in [2.24, 2.45) is 0 Å². The van der Waals surface area contributed by atoms with Crippen LogP contribution in [0.3, 0.4) is 0 Å². The van der Waals surface area contributed by atoms with Gasteiger partial charge in [-0.15, -0.1) is 0 Å². The van der Waals surface area contributed by atoms with E-state index in [1.165, 1.54) is 0 Å². The normalized spacial score (nSPS) is 25.0. The first-order valence-corrected chi connectivity index (χ1v) is 7.85. The molecular formula is C17H25ClO2. The van der Waals surface area contributed by atoms with Gasteiger partial charge in [-0.1, -0.05) is 43.1 Å². The van der Waals surface area contributed by atoms with Crippen molar-refractivity contribution in [3.8, 4) is 0 Å². The Labute approximate surface area is 127 Å². The molecule has 1 fully saturated rings. The minimum Gasteiger partial charge on any atom is -0.374 e. The first-order chi connectivity index (χ1) is 9.46. The lowest BCUT2D eigenvalue weighted by molar-refractivity contribution is -0.129. The Balaban J connectivity index is 1.92. The average Bonchev–Trinajstić information content (AvgIpc) is 2.68. The zero-order chi connectivity index (χ0) is 14.6. The summed E-state index contributed by atoms with van der Waals surface area (Å²) in [6.45, 7) is 7.73. The number of ether oxygens (including phenoxy) is 2. The highest BCUT2D eigenvalue weighted by atomic mass is 35.5. The van der Waals surface area contributed by atoms with E-state index in [0.717, 1.165) is 36.3 Å². The minimum absolute atomic E-state index is 0.0249. The van der Waals surface area contributed by atoms with Crippen LogP contribution in [0.1, 0.15) is 52.0 Å². The Bertz CT molecular complexity index is 444. The lowest BCUT2D eigenvalue weighted by atomic mass is 9.94. The van der Waals surface area contributed by atoms with E-state index < -0.39 is 0 Å². The van der Waals surface area contributed by atoms with Gasteiger partial charge in [-0.05, 0) is 44.7 Å². The summed E-state index contributed by atoms with van der Waals surface area (Å²) in [6.07, 6.45) is 4.35. The topological polar surface area (TPSA) is 18.5 Å². The number of halogens is 1. The van der Waals surface area contributed by atoms with E-state index in [1.54, 1.807) is 0 Å². The van der Waals surface area contributed by atoms with Gasteiger partial charge in [0.05, 0.1) is 24.4 Å². The highest BCUT2D eigenvalue weighted by Crippen LogP contribution is 2.40. The molecular weight excluding hydrogens is 272 g/mol. The van der Waals surface area contributed by atoms with Crippen molar-refractivity contribution in [2.45, 2.75) is 64.3 Å². The van der Waals surface area contributed by atoms with E-state index >= 15 is 0 Å². The molecule has 0 spiro atoms. The molecule has 0 bridgehead atoms. The van der Waals surface area contributed by atoms with Gasteiger partial charge in [0.25, 0.3) is 0 Å². The molecule has 2 nitrogen and oxygen atoms in total. The largest absolute Gasteiger partial charge is 0.374 e. The van der Waals surface area contributed by atoms with Gasteiger partial charge in [0, 0.05) is 5.02 Å². The number of hydrogen-bond donors (Lipinski definition) is 0. The zero-order valence-corrected chi connectivity index (χ0v) is 13.5. The van der Waals surface area contributed by atoms with Crippen molar-refractivity contribution < 1.29 is 9.47 Å². The first-order valence-electron chi connectivity index (χ1n) is 7.48. The van der Waals surface area contributed by atoms with Gasteiger partial charge in [0.1, 0.15) is 0 Å². The van der Waals surface area contributed by atoms with Gasteiger partial charge in [-0.25, -0.2) is 0 Å². The predicted octanol–water partition coefficient (Wildman–Crippen LogP) is 4.98. The van der Waals surface area contributed by atoms with Crippen LogP contribution in [0.25, 0.3) is 0 Å². The molecule has 1 aliphatic rings. The molecule has 20 heavy (non-hydrogen) atoms. The van der Waals surface area contributed by atoms with Gasteiger partial charge in [-0.2, -0.15) is 0 Å². The fourth-order valence-electron chi connectivity index (χ4n) is 2.98. The molecule has 1 saturated heterocycles. The van der Waals surface area contributed by atoms with Crippen molar-refractivity contribution in [1.29, 1.82) is 0 Å². The Morgan fingerprint density at radius 1 is 1.25 bits per heavy atom. The van der Waals surface area contributed by atoms with Gasteiger partial charge < -0.3 is 9.47 Å². The first kappa shape index (κ1) is 15.8. The molecule has 0 saturated carbocycles. The molecule has 1 unspecified atom stereocenters. The van der Waals surface area contributed by atoms with Crippen LogP contribution < -0.4 is 0 Å². The van der Waals surface area contributed by atoms with Gasteiger partial charge >= 0.3 is 0 Å². The summed E-state index contributed by atoms with van der Waals surface area (Å²) >= 11 is 6.15. The van der Waals surface area contributed by atoms with Crippen molar-refractivity contribution in [3.05, 3.63) is 34.9 Å². The van der Waals surface area contributed by atoms with Crippen LogP contribution in [-0.2, 0) is 16.1 Å². The van der Waals surface area contributed by atoms with Crippen LogP contribution in [0.2, 0.25) is 5.02 Å². The van der Waals surface area contributed by atoms with Crippen LogP contribution in [0, 0.1) is 0 Å². The van der Waals surface area contributed by atoms with E-state index in [4.69, 9.17) is 21.1 Å². The third-order valence-electron chi connectivity index (χ3n) is 3.96. The molecule has 0 aliphatic carbocycles. The maximum atomic E-state index is 6.29. The van der Waals surface area contributed by atoms with Crippen molar-refractivity contribution in [1.82, 2.24) is 0 Å². The van der Waals surface area contributed by atoms with E-state index in [0.29, 0.717) is 13.2 Å². The van der Waals surface area contributed by atoms with E-state index in [-0.39, 0.29) is 11.2 Å². The Morgan fingerprint density at radius 3 is 2.60 bits per heavy atom. The monoisotopic (exact) mass is 296 g/mol. The van der Waals surface area contributed by atoms with Crippen LogP contribution in [0.5, 0.6) is 0 Å². The molecule has 3 heteroatoms. The zero-order valence-electron chi connectivity index (χ0n) is 12.7. The summed E-state index contributed by atoms with van der Waals surface area (Å²) in [5.74, 6) is 0. The van der Waals surface area contributed by atoms with Crippen molar-refractivity contribution in [3.63, 3.8) is 0 Å². The highest BCUT2D eigenvalue weighted by molar-refractivity contribution is 6.31. The predicted molar refractivity (Wildman–Crippen MR) is 83.1 cm³/mol.